The molecule has 0 spiro atoms. The average molecular weight is 424 g/mol. The summed E-state index contributed by atoms with van der Waals surface area (Å²) in [7, 11) is 0. The summed E-state index contributed by atoms with van der Waals surface area (Å²) >= 11 is 0. The lowest BCUT2D eigenvalue weighted by molar-refractivity contribution is -0.124. The Labute approximate surface area is 184 Å². The van der Waals surface area contributed by atoms with Crippen LogP contribution in [0.2, 0.25) is 0 Å². The average Bonchev–Trinajstić information content (AvgIpc) is 3.23. The van der Waals surface area contributed by atoms with Crippen LogP contribution in [0.1, 0.15) is 36.2 Å². The number of amides is 2. The molecule has 3 rings (SSSR count). The largest absolute Gasteiger partial charge is 0.353 e. The Morgan fingerprint density at radius 3 is 2.65 bits per heavy atom. The van der Waals surface area contributed by atoms with Gasteiger partial charge in [0.25, 0.3) is 5.91 Å². The molecule has 166 valence electrons. The molecule has 1 aromatic carbocycles. The van der Waals surface area contributed by atoms with Crippen molar-refractivity contribution in [3.63, 3.8) is 0 Å². The van der Waals surface area contributed by atoms with Crippen molar-refractivity contribution >= 4 is 11.8 Å². The van der Waals surface area contributed by atoms with E-state index in [1.165, 1.54) is 5.56 Å². The molecule has 2 unspecified atom stereocenters. The third-order valence-electron chi connectivity index (χ3n) is 5.54. The molecule has 31 heavy (non-hydrogen) atoms. The van der Waals surface area contributed by atoms with E-state index in [0.717, 1.165) is 13.1 Å². The van der Waals surface area contributed by atoms with Crippen molar-refractivity contribution in [3.8, 4) is 0 Å². The molecule has 1 saturated heterocycles. The Morgan fingerprint density at radius 1 is 1.23 bits per heavy atom. The normalized spacial score (nSPS) is 18.5. The molecule has 2 heterocycles. The molecular weight excluding hydrogens is 390 g/mol. The smallest absolute Gasteiger partial charge is 0.256 e. The van der Waals surface area contributed by atoms with Crippen LogP contribution in [0.25, 0.3) is 0 Å². The quantitative estimate of drug-likeness (QED) is 0.643. The van der Waals surface area contributed by atoms with Gasteiger partial charge in [-0.15, -0.1) is 0 Å². The number of carbonyl (C=O) groups excluding carboxylic acids is 2. The van der Waals surface area contributed by atoms with Crippen LogP contribution in [-0.4, -0.2) is 64.9 Å². The van der Waals surface area contributed by atoms with Crippen molar-refractivity contribution in [1.29, 1.82) is 0 Å². The van der Waals surface area contributed by atoms with Gasteiger partial charge in [0, 0.05) is 51.2 Å². The fraction of sp³-hybridized carbons (Fsp3) is 0.458. The monoisotopic (exact) mass is 423 g/mol. The lowest BCUT2D eigenvalue weighted by atomic mass is 10.1. The van der Waals surface area contributed by atoms with E-state index >= 15 is 0 Å². The number of rotatable bonds is 9. The summed E-state index contributed by atoms with van der Waals surface area (Å²) in [5.41, 5.74) is 7.29. The number of hydrogen-bond acceptors (Lipinski definition) is 5. The second-order valence-electron chi connectivity index (χ2n) is 8.49. The summed E-state index contributed by atoms with van der Waals surface area (Å²) in [5, 5.41) is 2.87. The first-order valence-electron chi connectivity index (χ1n) is 11.0. The fourth-order valence-corrected chi connectivity index (χ4v) is 4.15. The lowest BCUT2D eigenvalue weighted by Crippen LogP contribution is -2.47. The van der Waals surface area contributed by atoms with Gasteiger partial charge in [0.15, 0.2) is 0 Å². The minimum Gasteiger partial charge on any atom is -0.353 e. The highest BCUT2D eigenvalue weighted by atomic mass is 16.2. The first-order chi connectivity index (χ1) is 15.0. The van der Waals surface area contributed by atoms with Crippen molar-refractivity contribution in [2.45, 2.75) is 38.9 Å². The van der Waals surface area contributed by atoms with Crippen molar-refractivity contribution in [1.82, 2.24) is 20.1 Å². The summed E-state index contributed by atoms with van der Waals surface area (Å²) in [6.07, 6.45) is 3.79. The first-order valence-corrected chi connectivity index (χ1v) is 11.0. The molecular formula is C24H33N5O2. The lowest BCUT2D eigenvalue weighted by Gasteiger charge is -2.30. The van der Waals surface area contributed by atoms with Crippen LogP contribution in [0, 0.1) is 5.92 Å². The van der Waals surface area contributed by atoms with Gasteiger partial charge in [-0.2, -0.15) is 0 Å². The van der Waals surface area contributed by atoms with Gasteiger partial charge in [-0.1, -0.05) is 44.2 Å². The maximum Gasteiger partial charge on any atom is 0.256 e. The van der Waals surface area contributed by atoms with Crippen molar-refractivity contribution in [2.75, 3.05) is 26.2 Å². The molecule has 1 aliphatic rings. The zero-order valence-electron chi connectivity index (χ0n) is 18.4. The van der Waals surface area contributed by atoms with Gasteiger partial charge in [0.1, 0.15) is 6.04 Å². The molecule has 1 aliphatic heterocycles. The standard InChI is InChI=1S/C24H33N5O2/c1-18(2)15-28(16-19-7-4-3-5-8-19)21-13-22(23(30)27-12-10-25)29(17-21)24(31)20-9-6-11-26-14-20/h3-9,11,14,18,21-22H,10,12-13,15-17,25H2,1-2H3,(H,27,30). The molecule has 7 heteroatoms. The van der Waals surface area contributed by atoms with E-state index in [1.807, 2.05) is 18.2 Å². The van der Waals surface area contributed by atoms with E-state index in [0.29, 0.717) is 37.5 Å². The Balaban J connectivity index is 1.83. The van der Waals surface area contributed by atoms with Crippen LogP contribution >= 0.6 is 0 Å². The predicted octanol–water partition coefficient (Wildman–Crippen LogP) is 1.90. The maximum absolute atomic E-state index is 13.2. The zero-order valence-corrected chi connectivity index (χ0v) is 18.4. The highest BCUT2D eigenvalue weighted by Gasteiger charge is 2.42. The second-order valence-corrected chi connectivity index (χ2v) is 8.49. The zero-order chi connectivity index (χ0) is 22.2. The van der Waals surface area contributed by atoms with E-state index in [1.54, 1.807) is 29.4 Å². The maximum atomic E-state index is 13.2. The Kier molecular flexibility index (Phi) is 8.14. The van der Waals surface area contributed by atoms with Crippen LogP contribution in [-0.2, 0) is 11.3 Å². The fourth-order valence-electron chi connectivity index (χ4n) is 4.15. The molecule has 7 nitrogen and oxygen atoms in total. The highest BCUT2D eigenvalue weighted by molar-refractivity contribution is 5.97. The van der Waals surface area contributed by atoms with Gasteiger partial charge in [-0.05, 0) is 30.0 Å². The number of nitrogens with two attached hydrogens (primary N) is 1. The third-order valence-corrected chi connectivity index (χ3v) is 5.54. The molecule has 1 fully saturated rings. The number of nitrogens with zero attached hydrogens (tertiary/aromatic N) is 3. The number of pyridine rings is 1. The molecule has 3 N–H and O–H groups in total. The van der Waals surface area contributed by atoms with E-state index in [9.17, 15) is 9.59 Å². The second kappa shape index (κ2) is 11.0. The van der Waals surface area contributed by atoms with Gasteiger partial charge >= 0.3 is 0 Å². The number of likely N-dealkylation sites (tertiary alicyclic amines) is 1. The minimum atomic E-state index is -0.519. The summed E-state index contributed by atoms with van der Waals surface area (Å²) in [4.78, 5) is 34.3. The van der Waals surface area contributed by atoms with Gasteiger partial charge in [0.05, 0.1) is 5.56 Å². The molecule has 0 bridgehead atoms. The Bertz CT molecular complexity index is 844. The summed E-state index contributed by atoms with van der Waals surface area (Å²) in [6.45, 7) is 7.34. The number of nitrogens with one attached hydrogen (secondary N) is 1. The van der Waals surface area contributed by atoms with Gasteiger partial charge in [-0.3, -0.25) is 19.5 Å². The molecule has 0 saturated carbocycles. The van der Waals surface area contributed by atoms with E-state index < -0.39 is 6.04 Å². The topological polar surface area (TPSA) is 91.6 Å². The van der Waals surface area contributed by atoms with Crippen LogP contribution in [0.4, 0.5) is 0 Å². The van der Waals surface area contributed by atoms with E-state index in [2.05, 4.69) is 41.2 Å². The Hall–Kier alpha value is -2.77. The number of hydrogen-bond donors (Lipinski definition) is 2. The minimum absolute atomic E-state index is 0.0943. The first kappa shape index (κ1) is 22.9. The molecule has 2 atom stereocenters. The van der Waals surface area contributed by atoms with Crippen molar-refractivity contribution in [2.24, 2.45) is 11.7 Å². The van der Waals surface area contributed by atoms with Gasteiger partial charge in [-0.25, -0.2) is 0 Å². The SMILES string of the molecule is CC(C)CN(Cc1ccccc1)C1CC(C(=O)NCCN)N(C(=O)c2cccnc2)C1. The summed E-state index contributed by atoms with van der Waals surface area (Å²) < 4.78 is 0. The molecule has 0 aliphatic carbocycles. The van der Waals surface area contributed by atoms with E-state index in [-0.39, 0.29) is 17.9 Å². The number of benzene rings is 1. The third kappa shape index (κ3) is 6.12. The van der Waals surface area contributed by atoms with Crippen LogP contribution < -0.4 is 11.1 Å². The molecule has 2 aromatic rings. The molecule has 2 amide bonds. The van der Waals surface area contributed by atoms with Crippen LogP contribution in [0.3, 0.4) is 0 Å². The van der Waals surface area contributed by atoms with Crippen molar-refractivity contribution < 1.29 is 9.59 Å². The molecule has 0 radical (unpaired) electrons. The summed E-state index contributed by atoms with van der Waals surface area (Å²) in [5.74, 6) is 0.165. The summed E-state index contributed by atoms with van der Waals surface area (Å²) in [6, 6.07) is 13.4. The van der Waals surface area contributed by atoms with Crippen molar-refractivity contribution in [3.05, 3.63) is 66.0 Å². The van der Waals surface area contributed by atoms with Gasteiger partial charge in [0.2, 0.25) is 5.91 Å². The van der Waals surface area contributed by atoms with Crippen LogP contribution in [0.15, 0.2) is 54.9 Å². The van der Waals surface area contributed by atoms with E-state index in [4.69, 9.17) is 5.73 Å². The predicted molar refractivity (Wildman–Crippen MR) is 121 cm³/mol. The highest BCUT2D eigenvalue weighted by Crippen LogP contribution is 2.26. The number of carbonyl (C=O) groups is 2. The van der Waals surface area contributed by atoms with Gasteiger partial charge < -0.3 is 16.0 Å². The van der Waals surface area contributed by atoms with Crippen LogP contribution in [0.5, 0.6) is 0 Å². The Morgan fingerprint density at radius 2 is 2.00 bits per heavy atom. The number of aromatic nitrogens is 1. The molecule has 1 aromatic heterocycles.